The summed E-state index contributed by atoms with van der Waals surface area (Å²) in [4.78, 5) is 11.9. The molecule has 0 aromatic heterocycles. The number of carbonyl (C=O) groups excluding carboxylic acids is 1. The first kappa shape index (κ1) is 10.4. The highest BCUT2D eigenvalue weighted by Gasteiger charge is 2.19. The van der Waals surface area contributed by atoms with Crippen molar-refractivity contribution in [3.8, 4) is 11.5 Å². The molecule has 3 rings (SSSR count). The van der Waals surface area contributed by atoms with Crippen LogP contribution in [0.5, 0.6) is 11.5 Å². The molecule has 1 amide bonds. The maximum atomic E-state index is 11.9. The molecule has 2 N–H and O–H groups in total. The van der Waals surface area contributed by atoms with Crippen LogP contribution in [0.3, 0.4) is 0 Å². The number of rotatable bonds is 3. The number of hydrogen-bond donors (Lipinski definition) is 2. The molecule has 0 spiro atoms. The average Bonchev–Trinajstić information content (AvgIpc) is 2.73. The summed E-state index contributed by atoms with van der Waals surface area (Å²) < 4.78 is 10.4. The zero-order chi connectivity index (χ0) is 11.7. The van der Waals surface area contributed by atoms with Crippen molar-refractivity contribution in [3.05, 3.63) is 23.8 Å². The number of benzene rings is 1. The molecular weight excluding hydrogens is 220 g/mol. The van der Waals surface area contributed by atoms with Crippen molar-refractivity contribution in [1.82, 2.24) is 10.6 Å². The zero-order valence-corrected chi connectivity index (χ0v) is 9.36. The summed E-state index contributed by atoms with van der Waals surface area (Å²) in [5.74, 6) is 1.84. The topological polar surface area (TPSA) is 59.6 Å². The molecule has 1 saturated heterocycles. The third-order valence-corrected chi connectivity index (χ3v) is 3.05. The third-order valence-electron chi connectivity index (χ3n) is 3.05. The Morgan fingerprint density at radius 1 is 1.35 bits per heavy atom. The Bertz CT molecular complexity index is 443. The van der Waals surface area contributed by atoms with Crippen LogP contribution in [0.15, 0.2) is 18.2 Å². The predicted molar refractivity (Wildman–Crippen MR) is 61.3 cm³/mol. The first-order valence-electron chi connectivity index (χ1n) is 5.71. The molecule has 0 saturated carbocycles. The summed E-state index contributed by atoms with van der Waals surface area (Å²) in [6.45, 7) is 2.93. The number of hydrogen-bond acceptors (Lipinski definition) is 4. The molecular formula is C12H14N2O3. The van der Waals surface area contributed by atoms with Gasteiger partial charge in [-0.2, -0.15) is 0 Å². The first-order chi connectivity index (χ1) is 8.33. The van der Waals surface area contributed by atoms with E-state index in [4.69, 9.17) is 9.47 Å². The van der Waals surface area contributed by atoms with E-state index in [1.54, 1.807) is 18.2 Å². The Balaban J connectivity index is 1.64. The van der Waals surface area contributed by atoms with Gasteiger partial charge in [-0.15, -0.1) is 0 Å². The van der Waals surface area contributed by atoms with Crippen LogP contribution in [0.4, 0.5) is 0 Å². The van der Waals surface area contributed by atoms with E-state index in [1.165, 1.54) is 0 Å². The van der Waals surface area contributed by atoms with Gasteiger partial charge in [0.2, 0.25) is 6.79 Å². The number of fused-ring (bicyclic) bond motifs is 1. The number of carbonyl (C=O) groups is 1. The molecule has 90 valence electrons. The molecule has 2 aliphatic heterocycles. The van der Waals surface area contributed by atoms with E-state index in [0.717, 1.165) is 19.6 Å². The maximum absolute atomic E-state index is 11.9. The molecule has 0 atom stereocenters. The molecule has 2 heterocycles. The summed E-state index contributed by atoms with van der Waals surface area (Å²) in [6, 6.07) is 5.24. The van der Waals surface area contributed by atoms with Crippen LogP contribution >= 0.6 is 0 Å². The summed E-state index contributed by atoms with van der Waals surface area (Å²) in [7, 11) is 0. The van der Waals surface area contributed by atoms with Gasteiger partial charge in [0, 0.05) is 31.1 Å². The van der Waals surface area contributed by atoms with Crippen molar-refractivity contribution < 1.29 is 14.3 Å². The Morgan fingerprint density at radius 3 is 2.94 bits per heavy atom. The summed E-state index contributed by atoms with van der Waals surface area (Å²) in [5.41, 5.74) is 0.613. The molecule has 0 aliphatic carbocycles. The lowest BCUT2D eigenvalue weighted by Gasteiger charge is -2.27. The molecule has 1 aromatic carbocycles. The van der Waals surface area contributed by atoms with Gasteiger partial charge < -0.3 is 20.1 Å². The van der Waals surface area contributed by atoms with Gasteiger partial charge in [-0.25, -0.2) is 0 Å². The van der Waals surface area contributed by atoms with Gasteiger partial charge in [-0.05, 0) is 18.2 Å². The normalized spacial score (nSPS) is 17.6. The minimum Gasteiger partial charge on any atom is -0.454 e. The summed E-state index contributed by atoms with van der Waals surface area (Å²) in [6.07, 6.45) is 0. The second-order valence-electron chi connectivity index (χ2n) is 4.30. The smallest absolute Gasteiger partial charge is 0.251 e. The predicted octanol–water partition coefficient (Wildman–Crippen LogP) is 0.364. The first-order valence-corrected chi connectivity index (χ1v) is 5.71. The van der Waals surface area contributed by atoms with E-state index in [1.807, 2.05) is 0 Å². The zero-order valence-electron chi connectivity index (χ0n) is 9.36. The van der Waals surface area contributed by atoms with Gasteiger partial charge in [-0.1, -0.05) is 0 Å². The minimum absolute atomic E-state index is 0.0600. The Morgan fingerprint density at radius 2 is 2.18 bits per heavy atom. The number of amides is 1. The van der Waals surface area contributed by atoms with Crippen LogP contribution in [-0.2, 0) is 0 Å². The van der Waals surface area contributed by atoms with Gasteiger partial charge in [0.1, 0.15) is 0 Å². The van der Waals surface area contributed by atoms with E-state index in [-0.39, 0.29) is 12.7 Å². The SMILES string of the molecule is O=C(NCC1CNC1)c1ccc2c(c1)OCO2. The summed E-state index contributed by atoms with van der Waals surface area (Å²) in [5, 5.41) is 6.09. The standard InChI is InChI=1S/C12H14N2O3/c15-12(14-6-8-4-13-5-8)9-1-2-10-11(3-9)17-7-16-10/h1-3,8,13H,4-7H2,(H,14,15). The molecule has 17 heavy (non-hydrogen) atoms. The molecule has 1 fully saturated rings. The van der Waals surface area contributed by atoms with Crippen molar-refractivity contribution in [2.75, 3.05) is 26.4 Å². The Kier molecular flexibility index (Phi) is 2.60. The second-order valence-corrected chi connectivity index (χ2v) is 4.30. The lowest BCUT2D eigenvalue weighted by Crippen LogP contribution is -2.48. The van der Waals surface area contributed by atoms with Crippen LogP contribution in [0.25, 0.3) is 0 Å². The molecule has 1 aromatic rings. The van der Waals surface area contributed by atoms with Crippen LogP contribution < -0.4 is 20.1 Å². The molecule has 5 heteroatoms. The van der Waals surface area contributed by atoms with Gasteiger partial charge in [-0.3, -0.25) is 4.79 Å². The Hall–Kier alpha value is -1.75. The molecule has 0 unspecified atom stereocenters. The number of nitrogens with one attached hydrogen (secondary N) is 2. The minimum atomic E-state index is -0.0600. The second kappa shape index (κ2) is 4.25. The van der Waals surface area contributed by atoms with Crippen molar-refractivity contribution in [2.45, 2.75) is 0 Å². The lowest BCUT2D eigenvalue weighted by atomic mass is 10.0. The molecule has 0 radical (unpaired) electrons. The molecule has 2 aliphatic rings. The van der Waals surface area contributed by atoms with Crippen LogP contribution in [0.1, 0.15) is 10.4 Å². The van der Waals surface area contributed by atoms with Crippen LogP contribution in [-0.4, -0.2) is 32.3 Å². The van der Waals surface area contributed by atoms with Gasteiger partial charge >= 0.3 is 0 Å². The highest BCUT2D eigenvalue weighted by atomic mass is 16.7. The highest BCUT2D eigenvalue weighted by molar-refractivity contribution is 5.94. The van der Waals surface area contributed by atoms with E-state index < -0.39 is 0 Å². The fraction of sp³-hybridized carbons (Fsp3) is 0.417. The fourth-order valence-corrected chi connectivity index (χ4v) is 1.87. The van der Waals surface area contributed by atoms with Crippen molar-refractivity contribution >= 4 is 5.91 Å². The van der Waals surface area contributed by atoms with Crippen LogP contribution in [0.2, 0.25) is 0 Å². The average molecular weight is 234 g/mol. The van der Waals surface area contributed by atoms with E-state index >= 15 is 0 Å². The lowest BCUT2D eigenvalue weighted by molar-refractivity contribution is 0.0942. The van der Waals surface area contributed by atoms with Crippen molar-refractivity contribution in [1.29, 1.82) is 0 Å². The van der Waals surface area contributed by atoms with Crippen LogP contribution in [0, 0.1) is 5.92 Å². The van der Waals surface area contributed by atoms with Gasteiger partial charge in [0.15, 0.2) is 11.5 Å². The highest BCUT2D eigenvalue weighted by Crippen LogP contribution is 2.32. The third kappa shape index (κ3) is 2.06. The summed E-state index contributed by atoms with van der Waals surface area (Å²) >= 11 is 0. The molecule has 5 nitrogen and oxygen atoms in total. The quantitative estimate of drug-likeness (QED) is 0.793. The molecule has 0 bridgehead atoms. The fourth-order valence-electron chi connectivity index (χ4n) is 1.87. The number of ether oxygens (including phenoxy) is 2. The Labute approximate surface area is 99.1 Å². The van der Waals surface area contributed by atoms with E-state index in [2.05, 4.69) is 10.6 Å². The monoisotopic (exact) mass is 234 g/mol. The van der Waals surface area contributed by atoms with Gasteiger partial charge in [0.05, 0.1) is 0 Å². The maximum Gasteiger partial charge on any atom is 0.251 e. The van der Waals surface area contributed by atoms with Crippen molar-refractivity contribution in [3.63, 3.8) is 0 Å². The largest absolute Gasteiger partial charge is 0.454 e. The van der Waals surface area contributed by atoms with Crippen molar-refractivity contribution in [2.24, 2.45) is 5.92 Å². The van der Waals surface area contributed by atoms with E-state index in [0.29, 0.717) is 23.0 Å². The van der Waals surface area contributed by atoms with E-state index in [9.17, 15) is 4.79 Å². The van der Waals surface area contributed by atoms with Gasteiger partial charge in [0.25, 0.3) is 5.91 Å².